The van der Waals surface area contributed by atoms with Crippen molar-refractivity contribution < 1.29 is 32.6 Å². The average molecular weight is 342 g/mol. The number of hydrogen-bond acceptors (Lipinski definition) is 5. The molecule has 0 N–H and O–H groups in total. The fourth-order valence-corrected chi connectivity index (χ4v) is 2.85. The molecule has 2 rings (SSSR count). The molecule has 1 aliphatic carbocycles. The first-order valence-corrected chi connectivity index (χ1v) is 7.68. The Kier molecular flexibility index (Phi) is 5.41. The molecule has 0 aromatic heterocycles. The molecule has 0 spiro atoms. The van der Waals surface area contributed by atoms with Gasteiger partial charge in [0.1, 0.15) is 0 Å². The molecule has 0 amide bonds. The minimum Gasteiger partial charge on any atom is -0.493 e. The van der Waals surface area contributed by atoms with E-state index in [0.717, 1.165) is 6.42 Å². The highest BCUT2D eigenvalue weighted by molar-refractivity contribution is 6.17. The van der Waals surface area contributed by atoms with Crippen LogP contribution in [-0.4, -0.2) is 39.0 Å². The lowest BCUT2D eigenvalue weighted by Gasteiger charge is -2.24. The van der Waals surface area contributed by atoms with Crippen LogP contribution in [-0.2, 0) is 16.0 Å². The molecule has 0 fully saturated rings. The minimum absolute atomic E-state index is 0.00782. The number of rotatable bonds is 7. The number of ether oxygens (including phenoxy) is 3. The van der Waals surface area contributed by atoms with Crippen LogP contribution >= 0.6 is 0 Å². The van der Waals surface area contributed by atoms with E-state index in [1.54, 1.807) is 0 Å². The summed E-state index contributed by atoms with van der Waals surface area (Å²) >= 11 is 0. The summed E-state index contributed by atoms with van der Waals surface area (Å²) in [5.74, 6) is -1.62. The molecule has 1 aromatic carbocycles. The topological polar surface area (TPSA) is 61.8 Å². The van der Waals surface area contributed by atoms with Crippen LogP contribution in [0.1, 0.15) is 35.7 Å². The molecule has 0 bridgehead atoms. The normalized spacial score (nSPS) is 19.3. The van der Waals surface area contributed by atoms with E-state index >= 15 is 0 Å². The molecular formula is C17H20F2O5. The summed E-state index contributed by atoms with van der Waals surface area (Å²) in [6.45, 7) is 1.89. The number of unbranched alkanes of at least 4 members (excludes halogenated alkanes) is 1. The summed E-state index contributed by atoms with van der Waals surface area (Å²) in [6.07, 6.45) is -2.36. The van der Waals surface area contributed by atoms with Crippen molar-refractivity contribution in [3.63, 3.8) is 0 Å². The molecule has 1 unspecified atom stereocenters. The highest BCUT2D eigenvalue weighted by atomic mass is 19.3. The Morgan fingerprint density at radius 3 is 2.54 bits per heavy atom. The molecule has 0 saturated heterocycles. The second kappa shape index (κ2) is 7.15. The number of halogens is 2. The van der Waals surface area contributed by atoms with Gasteiger partial charge in [0.05, 0.1) is 20.8 Å². The van der Waals surface area contributed by atoms with Crippen molar-refractivity contribution in [3.05, 3.63) is 23.3 Å². The van der Waals surface area contributed by atoms with E-state index in [2.05, 4.69) is 0 Å². The summed E-state index contributed by atoms with van der Waals surface area (Å²) in [6, 6.07) is 2.84. The van der Waals surface area contributed by atoms with Crippen molar-refractivity contribution in [1.82, 2.24) is 0 Å². The third kappa shape index (κ3) is 2.72. The van der Waals surface area contributed by atoms with Crippen LogP contribution in [0.25, 0.3) is 0 Å². The third-order valence-corrected chi connectivity index (χ3v) is 4.22. The smallest absolute Gasteiger partial charge is 0.326 e. The Balaban J connectivity index is 2.46. The number of ketones is 1. The number of fused-ring (bicyclic) bond motifs is 1. The zero-order valence-corrected chi connectivity index (χ0v) is 13.9. The van der Waals surface area contributed by atoms with Gasteiger partial charge in [-0.25, -0.2) is 8.78 Å². The predicted molar refractivity (Wildman–Crippen MR) is 81.9 cm³/mol. The maximum absolute atomic E-state index is 13.8. The van der Waals surface area contributed by atoms with Gasteiger partial charge < -0.3 is 14.2 Å². The number of methoxy groups -OCH3 is 2. The first kappa shape index (κ1) is 18.2. The zero-order chi connectivity index (χ0) is 17.9. The summed E-state index contributed by atoms with van der Waals surface area (Å²) < 4.78 is 42.9. The fraction of sp³-hybridized carbons (Fsp3) is 0.529. The standard InChI is InChI=1S/C17H20F2O5/c1-4-5-8-24-16(21)17(15(18)19)9-11-10(14(17)20)6-7-12(22-2)13(11)23-3/h6-7,15H,4-5,8-9H2,1-3H3. The van der Waals surface area contributed by atoms with Gasteiger partial charge in [0.25, 0.3) is 6.43 Å². The Labute approximate surface area is 138 Å². The van der Waals surface area contributed by atoms with Crippen LogP contribution in [0.2, 0.25) is 0 Å². The van der Waals surface area contributed by atoms with Gasteiger partial charge in [0.2, 0.25) is 0 Å². The summed E-state index contributed by atoms with van der Waals surface area (Å²) in [5.41, 5.74) is -2.23. The third-order valence-electron chi connectivity index (χ3n) is 4.22. The number of carbonyl (C=O) groups excluding carboxylic acids is 2. The number of hydrogen-bond donors (Lipinski definition) is 0. The van der Waals surface area contributed by atoms with Gasteiger partial charge in [-0.15, -0.1) is 0 Å². The molecular weight excluding hydrogens is 322 g/mol. The van der Waals surface area contributed by atoms with Crippen LogP contribution < -0.4 is 9.47 Å². The molecule has 5 nitrogen and oxygen atoms in total. The quantitative estimate of drug-likeness (QED) is 0.433. The lowest BCUT2D eigenvalue weighted by Crippen LogP contribution is -2.45. The van der Waals surface area contributed by atoms with E-state index in [4.69, 9.17) is 14.2 Å². The highest BCUT2D eigenvalue weighted by Gasteiger charge is 2.60. The van der Waals surface area contributed by atoms with Gasteiger partial charge >= 0.3 is 5.97 Å². The SMILES string of the molecule is CCCCOC(=O)C1(C(F)F)Cc2c(ccc(OC)c2OC)C1=O. The molecule has 1 aromatic rings. The molecule has 0 aliphatic heterocycles. The molecule has 0 heterocycles. The van der Waals surface area contributed by atoms with Crippen molar-refractivity contribution in [2.24, 2.45) is 5.41 Å². The van der Waals surface area contributed by atoms with Gasteiger partial charge in [0, 0.05) is 17.5 Å². The van der Waals surface area contributed by atoms with Crippen LogP contribution in [0.5, 0.6) is 11.5 Å². The van der Waals surface area contributed by atoms with E-state index in [1.165, 1.54) is 26.4 Å². The Morgan fingerprint density at radius 1 is 1.29 bits per heavy atom. The summed E-state index contributed by atoms with van der Waals surface area (Å²) in [4.78, 5) is 24.9. The number of esters is 1. The van der Waals surface area contributed by atoms with Gasteiger partial charge in [0.15, 0.2) is 22.7 Å². The van der Waals surface area contributed by atoms with Crippen LogP contribution in [0, 0.1) is 5.41 Å². The van der Waals surface area contributed by atoms with Crippen molar-refractivity contribution in [3.8, 4) is 11.5 Å². The molecule has 132 valence electrons. The second-order valence-electron chi connectivity index (χ2n) is 5.59. The average Bonchev–Trinajstić information content (AvgIpc) is 2.88. The molecule has 7 heteroatoms. The maximum atomic E-state index is 13.8. The van der Waals surface area contributed by atoms with E-state index in [-0.39, 0.29) is 23.5 Å². The van der Waals surface area contributed by atoms with Crippen LogP contribution in [0.15, 0.2) is 12.1 Å². The van der Waals surface area contributed by atoms with Gasteiger partial charge in [-0.1, -0.05) is 13.3 Å². The summed E-state index contributed by atoms with van der Waals surface area (Å²) in [7, 11) is 2.75. The number of benzene rings is 1. The minimum atomic E-state index is -3.18. The molecule has 1 aliphatic rings. The second-order valence-corrected chi connectivity index (χ2v) is 5.59. The largest absolute Gasteiger partial charge is 0.493 e. The van der Waals surface area contributed by atoms with Crippen molar-refractivity contribution in [1.29, 1.82) is 0 Å². The molecule has 0 radical (unpaired) electrons. The highest BCUT2D eigenvalue weighted by Crippen LogP contribution is 2.48. The zero-order valence-electron chi connectivity index (χ0n) is 13.9. The van der Waals surface area contributed by atoms with Crippen molar-refractivity contribution in [2.75, 3.05) is 20.8 Å². The van der Waals surface area contributed by atoms with E-state index in [1.807, 2.05) is 6.92 Å². The fourth-order valence-electron chi connectivity index (χ4n) is 2.85. The molecule has 1 atom stereocenters. The number of alkyl halides is 2. The summed E-state index contributed by atoms with van der Waals surface area (Å²) in [5, 5.41) is 0. The Hall–Kier alpha value is -2.18. The van der Waals surface area contributed by atoms with Gasteiger partial charge in [-0.2, -0.15) is 0 Å². The van der Waals surface area contributed by atoms with E-state index < -0.39 is 30.0 Å². The first-order chi connectivity index (χ1) is 11.4. The predicted octanol–water partition coefficient (Wildman–Crippen LogP) is 3.04. The molecule has 24 heavy (non-hydrogen) atoms. The first-order valence-electron chi connectivity index (χ1n) is 7.68. The van der Waals surface area contributed by atoms with Crippen molar-refractivity contribution >= 4 is 11.8 Å². The maximum Gasteiger partial charge on any atom is 0.326 e. The van der Waals surface area contributed by atoms with Crippen molar-refractivity contribution in [2.45, 2.75) is 32.6 Å². The van der Waals surface area contributed by atoms with Gasteiger partial charge in [-0.3, -0.25) is 9.59 Å². The lowest BCUT2D eigenvalue weighted by molar-refractivity contribution is -0.160. The number of carbonyl (C=O) groups is 2. The molecule has 0 saturated carbocycles. The van der Waals surface area contributed by atoms with E-state index in [9.17, 15) is 18.4 Å². The monoisotopic (exact) mass is 342 g/mol. The van der Waals surface area contributed by atoms with Gasteiger partial charge in [-0.05, 0) is 18.6 Å². The Morgan fingerprint density at radius 2 is 2.00 bits per heavy atom. The van der Waals surface area contributed by atoms with E-state index in [0.29, 0.717) is 12.2 Å². The van der Waals surface area contributed by atoms with Crippen LogP contribution in [0.4, 0.5) is 8.78 Å². The number of Topliss-reactive ketones (excluding diaryl/α,β-unsaturated/α-hetero) is 1. The lowest BCUT2D eigenvalue weighted by atomic mass is 9.84. The van der Waals surface area contributed by atoms with Crippen LogP contribution in [0.3, 0.4) is 0 Å². The Bertz CT molecular complexity index is 644.